The van der Waals surface area contributed by atoms with Crippen LogP contribution in [-0.2, 0) is 6.54 Å². The number of nitrogens with two attached hydrogens (primary N) is 1. The van der Waals surface area contributed by atoms with E-state index in [0.29, 0.717) is 0 Å². The Balaban J connectivity index is 2.53. The maximum Gasteiger partial charge on any atom is 0.101 e. The molecule has 2 heteroatoms. The van der Waals surface area contributed by atoms with E-state index in [1.807, 2.05) is 0 Å². The van der Waals surface area contributed by atoms with E-state index in [1.165, 1.54) is 24.2 Å². The van der Waals surface area contributed by atoms with Gasteiger partial charge in [0.15, 0.2) is 0 Å². The standard InChI is InChI=1S/C14H24N2/c1-4-11-15-12-13-7-9-14(10-8-13)16(5-2)6-3/h7-10,15H,4-6,11-12H2,1-3H3/p+1. The molecule has 1 aromatic carbocycles. The Morgan fingerprint density at radius 1 is 1.00 bits per heavy atom. The van der Waals surface area contributed by atoms with E-state index in [0.717, 1.165) is 19.6 Å². The summed E-state index contributed by atoms with van der Waals surface area (Å²) in [5.41, 5.74) is 2.76. The van der Waals surface area contributed by atoms with E-state index in [4.69, 9.17) is 0 Å². The molecule has 2 nitrogen and oxygen atoms in total. The van der Waals surface area contributed by atoms with Crippen molar-refractivity contribution in [1.29, 1.82) is 0 Å². The van der Waals surface area contributed by atoms with Crippen LogP contribution in [0.25, 0.3) is 0 Å². The normalized spacial score (nSPS) is 10.4. The van der Waals surface area contributed by atoms with Crippen LogP contribution >= 0.6 is 0 Å². The Hall–Kier alpha value is -1.02. The minimum Gasteiger partial charge on any atom is -0.372 e. The van der Waals surface area contributed by atoms with Crippen LogP contribution in [0.15, 0.2) is 24.3 Å². The van der Waals surface area contributed by atoms with Crippen molar-refractivity contribution in [2.24, 2.45) is 0 Å². The summed E-state index contributed by atoms with van der Waals surface area (Å²) in [6.07, 6.45) is 1.25. The van der Waals surface area contributed by atoms with Gasteiger partial charge in [-0.1, -0.05) is 19.1 Å². The summed E-state index contributed by atoms with van der Waals surface area (Å²) in [4.78, 5) is 2.37. The molecule has 0 spiro atoms. The first-order chi connectivity index (χ1) is 7.81. The van der Waals surface area contributed by atoms with E-state index in [1.54, 1.807) is 0 Å². The number of benzene rings is 1. The lowest BCUT2D eigenvalue weighted by molar-refractivity contribution is -0.670. The van der Waals surface area contributed by atoms with Gasteiger partial charge in [0.25, 0.3) is 0 Å². The molecule has 0 saturated carbocycles. The summed E-state index contributed by atoms with van der Waals surface area (Å²) < 4.78 is 0. The fourth-order valence-corrected chi connectivity index (χ4v) is 1.90. The van der Waals surface area contributed by atoms with Gasteiger partial charge >= 0.3 is 0 Å². The van der Waals surface area contributed by atoms with Crippen molar-refractivity contribution in [2.75, 3.05) is 24.5 Å². The predicted molar refractivity (Wildman–Crippen MR) is 70.8 cm³/mol. The van der Waals surface area contributed by atoms with E-state index < -0.39 is 0 Å². The summed E-state index contributed by atoms with van der Waals surface area (Å²) in [6.45, 7) is 11.1. The SMILES string of the molecule is CCC[NH2+]Cc1ccc(N(CC)CC)cc1. The lowest BCUT2D eigenvalue weighted by Crippen LogP contribution is -2.82. The summed E-state index contributed by atoms with van der Waals surface area (Å²) in [5.74, 6) is 0. The van der Waals surface area contributed by atoms with Gasteiger partial charge in [-0.25, -0.2) is 0 Å². The minimum absolute atomic E-state index is 1.08. The number of anilines is 1. The number of hydrogen-bond donors (Lipinski definition) is 1. The second-order valence-corrected chi connectivity index (χ2v) is 4.12. The van der Waals surface area contributed by atoms with Crippen molar-refractivity contribution in [3.63, 3.8) is 0 Å². The van der Waals surface area contributed by atoms with Gasteiger partial charge in [0.05, 0.1) is 6.54 Å². The molecule has 0 aliphatic rings. The lowest BCUT2D eigenvalue weighted by Gasteiger charge is -2.20. The predicted octanol–water partition coefficient (Wildman–Crippen LogP) is 2.01. The minimum atomic E-state index is 1.08. The van der Waals surface area contributed by atoms with Gasteiger partial charge in [-0.15, -0.1) is 0 Å². The van der Waals surface area contributed by atoms with Crippen LogP contribution in [0.2, 0.25) is 0 Å². The van der Waals surface area contributed by atoms with E-state index in [2.05, 4.69) is 55.3 Å². The van der Waals surface area contributed by atoms with Crippen molar-refractivity contribution in [1.82, 2.24) is 0 Å². The van der Waals surface area contributed by atoms with Gasteiger partial charge in [0.2, 0.25) is 0 Å². The average molecular weight is 221 g/mol. The Labute approximate surface area is 99.7 Å². The summed E-state index contributed by atoms with van der Waals surface area (Å²) >= 11 is 0. The molecule has 1 rings (SSSR count). The first-order valence-electron chi connectivity index (χ1n) is 6.47. The second-order valence-electron chi connectivity index (χ2n) is 4.12. The van der Waals surface area contributed by atoms with Gasteiger partial charge in [-0.3, -0.25) is 0 Å². The third-order valence-electron chi connectivity index (χ3n) is 2.94. The van der Waals surface area contributed by atoms with Crippen LogP contribution in [0, 0.1) is 0 Å². The molecule has 0 bridgehead atoms. The monoisotopic (exact) mass is 221 g/mol. The molecular formula is C14H25N2+. The molecule has 0 aliphatic carbocycles. The molecule has 90 valence electrons. The highest BCUT2D eigenvalue weighted by Gasteiger charge is 2.01. The largest absolute Gasteiger partial charge is 0.372 e. The van der Waals surface area contributed by atoms with Gasteiger partial charge in [0, 0.05) is 24.3 Å². The third kappa shape index (κ3) is 3.86. The molecule has 0 heterocycles. The van der Waals surface area contributed by atoms with Crippen molar-refractivity contribution < 1.29 is 5.32 Å². The van der Waals surface area contributed by atoms with E-state index in [9.17, 15) is 0 Å². The first-order valence-corrected chi connectivity index (χ1v) is 6.47. The number of hydrogen-bond acceptors (Lipinski definition) is 1. The molecule has 0 fully saturated rings. The molecule has 0 aromatic heterocycles. The molecule has 0 saturated heterocycles. The van der Waals surface area contributed by atoms with Crippen LogP contribution in [0.4, 0.5) is 5.69 Å². The van der Waals surface area contributed by atoms with Crippen LogP contribution in [0.1, 0.15) is 32.8 Å². The number of nitrogens with zero attached hydrogens (tertiary/aromatic N) is 1. The molecule has 2 N–H and O–H groups in total. The summed E-state index contributed by atoms with van der Waals surface area (Å²) in [6, 6.07) is 8.98. The van der Waals surface area contributed by atoms with Crippen LogP contribution in [-0.4, -0.2) is 19.6 Å². The van der Waals surface area contributed by atoms with Gasteiger partial charge < -0.3 is 10.2 Å². The summed E-state index contributed by atoms with van der Waals surface area (Å²) in [7, 11) is 0. The zero-order chi connectivity index (χ0) is 11.8. The molecule has 16 heavy (non-hydrogen) atoms. The quantitative estimate of drug-likeness (QED) is 0.698. The Kier molecular flexibility index (Phi) is 5.94. The van der Waals surface area contributed by atoms with Gasteiger partial charge in [-0.05, 0) is 32.4 Å². The first kappa shape index (κ1) is 13.0. The third-order valence-corrected chi connectivity index (χ3v) is 2.94. The fourth-order valence-electron chi connectivity index (χ4n) is 1.90. The highest BCUT2D eigenvalue weighted by molar-refractivity contribution is 5.47. The van der Waals surface area contributed by atoms with Crippen LogP contribution in [0.5, 0.6) is 0 Å². The Morgan fingerprint density at radius 3 is 2.12 bits per heavy atom. The number of quaternary nitrogens is 1. The zero-order valence-corrected chi connectivity index (χ0v) is 10.9. The van der Waals surface area contributed by atoms with Gasteiger partial charge in [0.1, 0.15) is 6.54 Å². The molecular weight excluding hydrogens is 196 g/mol. The van der Waals surface area contributed by atoms with Crippen molar-refractivity contribution in [3.05, 3.63) is 29.8 Å². The zero-order valence-electron chi connectivity index (χ0n) is 10.9. The Morgan fingerprint density at radius 2 is 1.62 bits per heavy atom. The number of rotatable bonds is 7. The highest BCUT2D eigenvalue weighted by Crippen LogP contribution is 2.14. The Bertz CT molecular complexity index is 275. The molecule has 0 amide bonds. The van der Waals surface area contributed by atoms with Crippen molar-refractivity contribution >= 4 is 5.69 Å². The molecule has 1 aromatic rings. The smallest absolute Gasteiger partial charge is 0.101 e. The van der Waals surface area contributed by atoms with E-state index >= 15 is 0 Å². The summed E-state index contributed by atoms with van der Waals surface area (Å²) in [5, 5.41) is 2.37. The highest BCUT2D eigenvalue weighted by atomic mass is 15.1. The lowest BCUT2D eigenvalue weighted by atomic mass is 10.2. The molecule has 0 unspecified atom stereocenters. The van der Waals surface area contributed by atoms with Crippen molar-refractivity contribution in [2.45, 2.75) is 33.7 Å². The van der Waals surface area contributed by atoms with Gasteiger partial charge in [-0.2, -0.15) is 0 Å². The average Bonchev–Trinajstić information content (AvgIpc) is 2.33. The second kappa shape index (κ2) is 7.29. The fraction of sp³-hybridized carbons (Fsp3) is 0.571. The topological polar surface area (TPSA) is 19.9 Å². The van der Waals surface area contributed by atoms with Crippen LogP contribution in [0.3, 0.4) is 0 Å². The van der Waals surface area contributed by atoms with Crippen LogP contribution < -0.4 is 10.2 Å². The maximum absolute atomic E-state index is 2.37. The van der Waals surface area contributed by atoms with Crippen molar-refractivity contribution in [3.8, 4) is 0 Å². The molecule has 0 radical (unpaired) electrons. The molecule has 0 atom stereocenters. The maximum atomic E-state index is 2.37. The van der Waals surface area contributed by atoms with E-state index in [-0.39, 0.29) is 0 Å². The molecule has 0 aliphatic heterocycles.